The monoisotopic (exact) mass is 414 g/mol. The van der Waals surface area contributed by atoms with Gasteiger partial charge >= 0.3 is 0 Å². The first-order valence-corrected chi connectivity index (χ1v) is 10.5. The SMILES string of the molecule is Cc1ccccc1OCCN1C(=O)C(C)CN(C(=O)c2ccccc2)c2ccccc21. The van der Waals surface area contributed by atoms with E-state index in [1.165, 1.54) is 0 Å². The highest BCUT2D eigenvalue weighted by molar-refractivity contribution is 6.11. The molecule has 0 bridgehead atoms. The standard InChI is InChI=1S/C26H26N2O3/c1-19-10-6-9-15-24(19)31-17-16-27-22-13-7-8-14-23(22)28(18-20(2)25(27)29)26(30)21-11-4-3-5-12-21/h3-15,20H,16-18H2,1-2H3. The van der Waals surface area contributed by atoms with Crippen LogP contribution in [0.15, 0.2) is 78.9 Å². The van der Waals surface area contributed by atoms with Crippen LogP contribution >= 0.6 is 0 Å². The number of nitrogens with zero attached hydrogens (tertiary/aromatic N) is 2. The molecule has 1 atom stereocenters. The number of aryl methyl sites for hydroxylation is 1. The quantitative estimate of drug-likeness (QED) is 0.608. The fourth-order valence-corrected chi connectivity index (χ4v) is 3.88. The van der Waals surface area contributed by atoms with Crippen molar-refractivity contribution in [1.82, 2.24) is 0 Å². The van der Waals surface area contributed by atoms with E-state index >= 15 is 0 Å². The summed E-state index contributed by atoms with van der Waals surface area (Å²) in [6.45, 7) is 4.97. The summed E-state index contributed by atoms with van der Waals surface area (Å²) < 4.78 is 5.95. The van der Waals surface area contributed by atoms with E-state index in [0.29, 0.717) is 25.3 Å². The van der Waals surface area contributed by atoms with Crippen LogP contribution in [0.3, 0.4) is 0 Å². The Hall–Kier alpha value is -3.60. The Morgan fingerprint density at radius 2 is 1.58 bits per heavy atom. The minimum atomic E-state index is -0.335. The maximum atomic E-state index is 13.3. The topological polar surface area (TPSA) is 49.9 Å². The molecule has 1 aliphatic rings. The molecule has 31 heavy (non-hydrogen) atoms. The average molecular weight is 415 g/mol. The van der Waals surface area contributed by atoms with Crippen LogP contribution in [0.2, 0.25) is 0 Å². The normalized spacial score (nSPS) is 15.9. The van der Waals surface area contributed by atoms with Crippen molar-refractivity contribution in [3.8, 4) is 5.75 Å². The van der Waals surface area contributed by atoms with E-state index in [4.69, 9.17) is 4.74 Å². The highest BCUT2D eigenvalue weighted by Crippen LogP contribution is 2.35. The molecule has 5 nitrogen and oxygen atoms in total. The summed E-state index contributed by atoms with van der Waals surface area (Å²) in [6, 6.07) is 24.6. The molecule has 4 rings (SSSR count). The molecular formula is C26H26N2O3. The first-order chi connectivity index (χ1) is 15.1. The maximum absolute atomic E-state index is 13.3. The predicted molar refractivity (Wildman–Crippen MR) is 123 cm³/mol. The van der Waals surface area contributed by atoms with Gasteiger partial charge in [0.05, 0.1) is 23.8 Å². The van der Waals surface area contributed by atoms with Crippen LogP contribution in [0.5, 0.6) is 5.75 Å². The van der Waals surface area contributed by atoms with Crippen molar-refractivity contribution in [2.45, 2.75) is 13.8 Å². The molecule has 2 amide bonds. The Bertz CT molecular complexity index is 1080. The van der Waals surface area contributed by atoms with Crippen LogP contribution in [0.1, 0.15) is 22.8 Å². The highest BCUT2D eigenvalue weighted by Gasteiger charge is 2.33. The lowest BCUT2D eigenvalue weighted by Gasteiger charge is -2.25. The molecule has 0 N–H and O–H groups in total. The lowest BCUT2D eigenvalue weighted by Crippen LogP contribution is -2.39. The third-order valence-corrected chi connectivity index (χ3v) is 5.54. The Kier molecular flexibility index (Phi) is 6.03. The average Bonchev–Trinajstić information content (AvgIpc) is 2.90. The van der Waals surface area contributed by atoms with Gasteiger partial charge in [0.15, 0.2) is 0 Å². The zero-order valence-electron chi connectivity index (χ0n) is 17.8. The Labute approximate surface area is 182 Å². The first-order valence-electron chi connectivity index (χ1n) is 10.5. The number of benzene rings is 3. The number of anilines is 2. The van der Waals surface area contributed by atoms with Crippen LogP contribution < -0.4 is 14.5 Å². The van der Waals surface area contributed by atoms with Gasteiger partial charge in [-0.05, 0) is 42.8 Å². The lowest BCUT2D eigenvalue weighted by molar-refractivity contribution is -0.121. The summed E-state index contributed by atoms with van der Waals surface area (Å²) in [5.41, 5.74) is 3.13. The van der Waals surface area contributed by atoms with E-state index in [-0.39, 0.29) is 17.7 Å². The van der Waals surface area contributed by atoms with E-state index in [2.05, 4.69) is 0 Å². The molecule has 158 valence electrons. The van der Waals surface area contributed by atoms with Crippen LogP contribution in [-0.4, -0.2) is 31.5 Å². The van der Waals surface area contributed by atoms with E-state index in [1.807, 2.05) is 80.6 Å². The summed E-state index contributed by atoms with van der Waals surface area (Å²) in [6.07, 6.45) is 0. The maximum Gasteiger partial charge on any atom is 0.258 e. The van der Waals surface area contributed by atoms with Gasteiger partial charge in [0, 0.05) is 12.1 Å². The van der Waals surface area contributed by atoms with Gasteiger partial charge in [0.1, 0.15) is 12.4 Å². The molecule has 3 aromatic carbocycles. The predicted octanol–water partition coefficient (Wildman–Crippen LogP) is 4.70. The van der Waals surface area contributed by atoms with Crippen molar-refractivity contribution >= 4 is 23.2 Å². The number of fused-ring (bicyclic) bond motifs is 1. The van der Waals surface area contributed by atoms with Gasteiger partial charge in [0.2, 0.25) is 5.91 Å². The molecule has 0 aromatic heterocycles. The minimum Gasteiger partial charge on any atom is -0.491 e. The second kappa shape index (κ2) is 9.04. The number of hydrogen-bond acceptors (Lipinski definition) is 3. The molecular weight excluding hydrogens is 388 g/mol. The van der Waals surface area contributed by atoms with E-state index in [1.54, 1.807) is 21.9 Å². The number of amides is 2. The van der Waals surface area contributed by atoms with Crippen molar-refractivity contribution in [3.05, 3.63) is 90.0 Å². The zero-order valence-corrected chi connectivity index (χ0v) is 17.8. The summed E-state index contributed by atoms with van der Waals surface area (Å²) in [7, 11) is 0. The number of ether oxygens (including phenoxy) is 1. The summed E-state index contributed by atoms with van der Waals surface area (Å²) in [5, 5.41) is 0. The van der Waals surface area contributed by atoms with Crippen LogP contribution in [0, 0.1) is 12.8 Å². The number of carbonyl (C=O) groups is 2. The van der Waals surface area contributed by atoms with Crippen molar-refractivity contribution in [1.29, 1.82) is 0 Å². The van der Waals surface area contributed by atoms with Crippen molar-refractivity contribution in [2.24, 2.45) is 5.92 Å². The van der Waals surface area contributed by atoms with Crippen molar-refractivity contribution in [3.63, 3.8) is 0 Å². The lowest BCUT2D eigenvalue weighted by atomic mass is 10.1. The highest BCUT2D eigenvalue weighted by atomic mass is 16.5. The number of hydrogen-bond donors (Lipinski definition) is 0. The van der Waals surface area contributed by atoms with E-state index < -0.39 is 0 Å². The van der Waals surface area contributed by atoms with Crippen molar-refractivity contribution < 1.29 is 14.3 Å². The molecule has 0 radical (unpaired) electrons. The molecule has 1 unspecified atom stereocenters. The second-order valence-corrected chi connectivity index (χ2v) is 7.78. The van der Waals surface area contributed by atoms with Gasteiger partial charge in [-0.2, -0.15) is 0 Å². The molecule has 0 fully saturated rings. The first kappa shape index (κ1) is 20.7. The smallest absolute Gasteiger partial charge is 0.258 e. The summed E-state index contributed by atoms with van der Waals surface area (Å²) in [4.78, 5) is 30.0. The third kappa shape index (κ3) is 4.31. The van der Waals surface area contributed by atoms with E-state index in [9.17, 15) is 9.59 Å². The molecule has 0 saturated heterocycles. The largest absolute Gasteiger partial charge is 0.491 e. The van der Waals surface area contributed by atoms with E-state index in [0.717, 1.165) is 22.7 Å². The molecule has 0 aliphatic carbocycles. The zero-order chi connectivity index (χ0) is 21.8. The minimum absolute atomic E-state index is 0.0100. The number of rotatable bonds is 5. The van der Waals surface area contributed by atoms with Crippen LogP contribution in [-0.2, 0) is 4.79 Å². The Balaban J connectivity index is 1.62. The Morgan fingerprint density at radius 3 is 2.32 bits per heavy atom. The third-order valence-electron chi connectivity index (χ3n) is 5.54. The van der Waals surface area contributed by atoms with Gasteiger partial charge in [0.25, 0.3) is 5.91 Å². The molecule has 1 aliphatic heterocycles. The van der Waals surface area contributed by atoms with Crippen LogP contribution in [0.4, 0.5) is 11.4 Å². The number of para-hydroxylation sites is 3. The summed E-state index contributed by atoms with van der Waals surface area (Å²) in [5.74, 6) is 0.361. The van der Waals surface area contributed by atoms with Gasteiger partial charge in [-0.3, -0.25) is 9.59 Å². The summed E-state index contributed by atoms with van der Waals surface area (Å²) >= 11 is 0. The van der Waals surface area contributed by atoms with Gasteiger partial charge in [-0.15, -0.1) is 0 Å². The fourth-order valence-electron chi connectivity index (χ4n) is 3.88. The fraction of sp³-hybridized carbons (Fsp3) is 0.231. The van der Waals surface area contributed by atoms with Crippen molar-refractivity contribution in [2.75, 3.05) is 29.5 Å². The Morgan fingerprint density at radius 1 is 0.935 bits per heavy atom. The molecule has 1 heterocycles. The second-order valence-electron chi connectivity index (χ2n) is 7.78. The van der Waals surface area contributed by atoms with Gasteiger partial charge in [-0.25, -0.2) is 0 Å². The van der Waals surface area contributed by atoms with Gasteiger partial charge < -0.3 is 14.5 Å². The number of carbonyl (C=O) groups excluding carboxylic acids is 2. The molecule has 3 aromatic rings. The molecule has 0 saturated carbocycles. The van der Waals surface area contributed by atoms with Gasteiger partial charge in [-0.1, -0.05) is 55.5 Å². The van der Waals surface area contributed by atoms with Crippen LogP contribution in [0.25, 0.3) is 0 Å². The molecule has 5 heteroatoms. The molecule has 0 spiro atoms.